The van der Waals surface area contributed by atoms with E-state index < -0.39 is 23.0 Å². The number of hydrogen-bond acceptors (Lipinski definition) is 6. The molecule has 0 aromatic heterocycles. The largest absolute Gasteiger partial charge is 0.478 e. The van der Waals surface area contributed by atoms with E-state index in [0.29, 0.717) is 0 Å². The van der Waals surface area contributed by atoms with Gasteiger partial charge in [0.25, 0.3) is 0 Å². The van der Waals surface area contributed by atoms with Crippen molar-refractivity contribution in [2.45, 2.75) is 89.1 Å². The van der Waals surface area contributed by atoms with Crippen molar-refractivity contribution in [3.63, 3.8) is 0 Å². The number of rotatable bonds is 4. The van der Waals surface area contributed by atoms with E-state index >= 15 is 0 Å². The van der Waals surface area contributed by atoms with Gasteiger partial charge in [0.05, 0.1) is 12.1 Å². The third-order valence-electron chi connectivity index (χ3n) is 4.94. The van der Waals surface area contributed by atoms with Crippen LogP contribution in [0.4, 0.5) is 0 Å². The molecule has 30 heavy (non-hydrogen) atoms. The fourth-order valence-corrected chi connectivity index (χ4v) is 2.93. The van der Waals surface area contributed by atoms with Crippen molar-refractivity contribution in [1.82, 2.24) is 0 Å². The molecule has 0 saturated heterocycles. The summed E-state index contributed by atoms with van der Waals surface area (Å²) in [5, 5.41) is 43.1. The van der Waals surface area contributed by atoms with Crippen LogP contribution in [0.5, 0.6) is 0 Å². The topological polar surface area (TPSA) is 147 Å². The van der Waals surface area contributed by atoms with Crippen molar-refractivity contribution < 1.29 is 19.8 Å². The number of carboxylic acids is 2. The van der Waals surface area contributed by atoms with Crippen molar-refractivity contribution in [3.8, 4) is 12.1 Å². The van der Waals surface area contributed by atoms with Crippen LogP contribution in [0, 0.1) is 22.7 Å². The predicted octanol–water partition coefficient (Wildman–Crippen LogP) is 5.19. The van der Waals surface area contributed by atoms with Crippen LogP contribution in [0.25, 0.3) is 0 Å². The molecule has 0 aliphatic heterocycles. The Morgan fingerprint density at radius 2 is 0.967 bits per heavy atom. The lowest BCUT2D eigenvalue weighted by Gasteiger charge is -2.29. The molecular weight excluding hydrogens is 384 g/mol. The van der Waals surface area contributed by atoms with Gasteiger partial charge in [-0.05, 0) is 65.2 Å². The van der Waals surface area contributed by atoms with E-state index in [0.717, 1.165) is 51.4 Å². The number of nitrogens with zero attached hydrogens (tertiary/aromatic N) is 4. The fraction of sp³-hybridized carbons (Fsp3) is 0.636. The average molecular weight is 417 g/mol. The zero-order chi connectivity index (χ0) is 23.2. The van der Waals surface area contributed by atoms with E-state index in [-0.39, 0.29) is 11.1 Å². The molecular formula is C22H32N4O4. The highest BCUT2D eigenvalue weighted by atomic mass is 16.4. The van der Waals surface area contributed by atoms with Crippen molar-refractivity contribution in [3.05, 3.63) is 24.3 Å². The maximum absolute atomic E-state index is 9.60. The third-order valence-corrected chi connectivity index (χ3v) is 4.94. The summed E-state index contributed by atoms with van der Waals surface area (Å²) in [6.45, 7) is 9.20. The van der Waals surface area contributed by atoms with E-state index in [1.54, 1.807) is 0 Å². The van der Waals surface area contributed by atoms with Gasteiger partial charge in [0.2, 0.25) is 0 Å². The minimum Gasteiger partial charge on any atom is -0.478 e. The van der Waals surface area contributed by atoms with Crippen LogP contribution in [-0.2, 0) is 9.59 Å². The Bertz CT molecular complexity index is 645. The molecule has 164 valence electrons. The molecule has 2 fully saturated rings. The summed E-state index contributed by atoms with van der Waals surface area (Å²) >= 11 is 0. The number of carbonyl (C=O) groups is 2. The first-order valence-corrected chi connectivity index (χ1v) is 10.1. The van der Waals surface area contributed by atoms with E-state index in [9.17, 15) is 20.1 Å². The molecule has 0 amide bonds. The summed E-state index contributed by atoms with van der Waals surface area (Å²) in [6, 6.07) is 4.66. The van der Waals surface area contributed by atoms with Gasteiger partial charge in [0.15, 0.2) is 11.1 Å². The highest BCUT2D eigenvalue weighted by Gasteiger charge is 2.36. The molecule has 8 nitrogen and oxygen atoms in total. The molecule has 0 atom stereocenters. The minimum atomic E-state index is -0.935. The van der Waals surface area contributed by atoms with Crippen LogP contribution < -0.4 is 0 Å². The highest BCUT2D eigenvalue weighted by Crippen LogP contribution is 2.36. The average Bonchev–Trinajstić information content (AvgIpc) is 2.74. The van der Waals surface area contributed by atoms with Gasteiger partial charge in [-0.15, -0.1) is 0 Å². The van der Waals surface area contributed by atoms with Crippen LogP contribution >= 0.6 is 0 Å². The van der Waals surface area contributed by atoms with E-state index in [4.69, 9.17) is 10.2 Å². The van der Waals surface area contributed by atoms with Crippen molar-refractivity contribution in [2.24, 2.45) is 10.2 Å². The first kappa shape index (κ1) is 27.0. The molecule has 2 N–H and O–H groups in total. The Morgan fingerprint density at radius 3 is 1.13 bits per heavy atom. The monoisotopic (exact) mass is 416 g/mol. The first-order valence-electron chi connectivity index (χ1n) is 10.1. The van der Waals surface area contributed by atoms with Crippen LogP contribution in [-0.4, -0.2) is 33.2 Å². The van der Waals surface area contributed by atoms with Crippen molar-refractivity contribution >= 4 is 11.9 Å². The van der Waals surface area contributed by atoms with Gasteiger partial charge in [-0.1, -0.05) is 26.0 Å². The summed E-state index contributed by atoms with van der Waals surface area (Å²) in [6.07, 6.45) is 9.76. The molecule has 0 bridgehead atoms. The summed E-state index contributed by atoms with van der Waals surface area (Å²) in [4.78, 5) is 19.2. The number of carboxylic acid groups (broad SMARTS) is 2. The number of nitriles is 2. The number of aliphatic carboxylic acids is 2. The van der Waals surface area contributed by atoms with Gasteiger partial charge in [-0.25, -0.2) is 9.59 Å². The lowest BCUT2D eigenvalue weighted by molar-refractivity contribution is -0.133. The van der Waals surface area contributed by atoms with Crippen molar-refractivity contribution in [2.75, 3.05) is 0 Å². The Labute approximate surface area is 178 Å². The van der Waals surface area contributed by atoms with Gasteiger partial charge in [-0.3, -0.25) is 0 Å². The Balaban J connectivity index is 0.000000580. The normalized spacial score (nSPS) is 18.8. The molecule has 2 rings (SSSR count). The van der Waals surface area contributed by atoms with E-state index in [2.05, 4.69) is 35.5 Å². The fourth-order valence-electron chi connectivity index (χ4n) is 2.93. The summed E-state index contributed by atoms with van der Waals surface area (Å²) in [5.41, 5.74) is -0.927. The molecule has 0 aromatic rings. The number of azo groups is 1. The van der Waals surface area contributed by atoms with Crippen LogP contribution in [0.2, 0.25) is 0 Å². The SMILES string of the molecule is C=C(C)C(=O)O.C=C(C)C(=O)O.N#CC1(N=NC2(C#N)CCCCC2)CCCCC1. The smallest absolute Gasteiger partial charge is 0.330 e. The lowest BCUT2D eigenvalue weighted by atomic mass is 9.82. The summed E-state index contributed by atoms with van der Waals surface area (Å²) < 4.78 is 0. The molecule has 2 aliphatic rings. The van der Waals surface area contributed by atoms with Crippen LogP contribution in [0.15, 0.2) is 34.5 Å². The predicted molar refractivity (Wildman–Crippen MR) is 113 cm³/mol. The zero-order valence-electron chi connectivity index (χ0n) is 18.0. The maximum Gasteiger partial charge on any atom is 0.330 e. The number of hydrogen-bond donors (Lipinski definition) is 2. The first-order chi connectivity index (χ1) is 14.0. The second kappa shape index (κ2) is 13.3. The van der Waals surface area contributed by atoms with Gasteiger partial charge in [-0.2, -0.15) is 20.8 Å². The van der Waals surface area contributed by atoms with Gasteiger partial charge < -0.3 is 10.2 Å². The standard InChI is InChI=1S/C14H20N4.2C4H6O2/c15-11-13(7-3-1-4-8-13)17-18-14(12-16)9-5-2-6-10-14;2*1-3(2)4(5)6/h1-10H2;2*1H2,2H3,(H,5,6). The Kier molecular flexibility index (Phi) is 11.9. The van der Waals surface area contributed by atoms with Crippen LogP contribution in [0.3, 0.4) is 0 Å². The van der Waals surface area contributed by atoms with Crippen molar-refractivity contribution in [1.29, 1.82) is 10.5 Å². The second-order valence-electron chi connectivity index (χ2n) is 7.78. The molecule has 0 heterocycles. The van der Waals surface area contributed by atoms with Gasteiger partial charge in [0, 0.05) is 11.1 Å². The Morgan fingerprint density at radius 1 is 0.733 bits per heavy atom. The van der Waals surface area contributed by atoms with Gasteiger partial charge in [0.1, 0.15) is 0 Å². The molecule has 2 aliphatic carbocycles. The quantitative estimate of drug-likeness (QED) is 0.476. The molecule has 0 aromatic carbocycles. The Hall–Kier alpha value is -3.00. The molecule has 0 radical (unpaired) electrons. The van der Waals surface area contributed by atoms with E-state index in [1.807, 2.05) is 0 Å². The minimum absolute atomic E-state index is 0.176. The highest BCUT2D eigenvalue weighted by molar-refractivity contribution is 5.85. The third kappa shape index (κ3) is 9.97. The zero-order valence-corrected chi connectivity index (χ0v) is 18.0. The second-order valence-corrected chi connectivity index (χ2v) is 7.78. The van der Waals surface area contributed by atoms with Crippen LogP contribution in [0.1, 0.15) is 78.1 Å². The summed E-state index contributed by atoms with van der Waals surface area (Å²) in [7, 11) is 0. The van der Waals surface area contributed by atoms with Gasteiger partial charge >= 0.3 is 11.9 Å². The van der Waals surface area contributed by atoms with E-state index in [1.165, 1.54) is 26.7 Å². The summed E-state index contributed by atoms with van der Waals surface area (Å²) in [5.74, 6) is -1.87. The molecule has 2 saturated carbocycles. The maximum atomic E-state index is 9.60. The molecule has 8 heteroatoms. The lowest BCUT2D eigenvalue weighted by Crippen LogP contribution is -2.31. The molecule has 0 unspecified atom stereocenters. The molecule has 0 spiro atoms.